The molecule has 18 heavy (non-hydrogen) atoms. The first-order chi connectivity index (χ1) is 8.56. The van der Waals surface area contributed by atoms with Crippen molar-refractivity contribution < 1.29 is 19.0 Å². The van der Waals surface area contributed by atoms with Gasteiger partial charge in [0, 0.05) is 6.42 Å². The van der Waals surface area contributed by atoms with E-state index in [1.807, 2.05) is 0 Å². The highest BCUT2D eigenvalue weighted by molar-refractivity contribution is 5.28. The number of phenols is 1. The maximum absolute atomic E-state index is 13.0. The van der Waals surface area contributed by atoms with Crippen LogP contribution in [0.25, 0.3) is 0 Å². The van der Waals surface area contributed by atoms with Crippen LogP contribution in [-0.4, -0.2) is 10.2 Å². The molecule has 0 heterocycles. The molecule has 2 nitrogen and oxygen atoms in total. The number of phenolic OH excluding ortho intramolecular Hbond substituents is 1. The lowest BCUT2D eigenvalue weighted by atomic mass is 10.0. The third kappa shape index (κ3) is 2.84. The number of hydrogen-bond acceptors (Lipinski definition) is 2. The molecule has 1 atom stereocenters. The lowest BCUT2D eigenvalue weighted by Gasteiger charge is -2.11. The van der Waals surface area contributed by atoms with Crippen LogP contribution in [0.3, 0.4) is 0 Å². The zero-order valence-corrected chi connectivity index (χ0v) is 9.48. The van der Waals surface area contributed by atoms with Crippen LogP contribution in [0.5, 0.6) is 5.75 Å². The van der Waals surface area contributed by atoms with Crippen molar-refractivity contribution in [3.63, 3.8) is 0 Å². The molecule has 0 spiro atoms. The summed E-state index contributed by atoms with van der Waals surface area (Å²) in [6.07, 6.45) is -0.643. The highest BCUT2D eigenvalue weighted by Crippen LogP contribution is 2.21. The maximum Gasteiger partial charge on any atom is 0.159 e. The summed E-state index contributed by atoms with van der Waals surface area (Å²) in [5.74, 6) is -1.77. The van der Waals surface area contributed by atoms with Gasteiger partial charge in [0.1, 0.15) is 5.75 Å². The van der Waals surface area contributed by atoms with E-state index >= 15 is 0 Å². The van der Waals surface area contributed by atoms with Crippen molar-refractivity contribution in [2.45, 2.75) is 12.5 Å². The third-order valence-corrected chi connectivity index (χ3v) is 2.69. The predicted molar refractivity (Wildman–Crippen MR) is 63.1 cm³/mol. The molecular formula is C14H12F2O2. The molecular weight excluding hydrogens is 238 g/mol. The Balaban J connectivity index is 2.13. The minimum atomic E-state index is -0.975. The second-order valence-electron chi connectivity index (χ2n) is 4.06. The number of aliphatic hydroxyl groups is 1. The van der Waals surface area contributed by atoms with Crippen LogP contribution in [0.2, 0.25) is 0 Å². The van der Waals surface area contributed by atoms with Crippen molar-refractivity contribution in [3.05, 3.63) is 65.2 Å². The number of aliphatic hydroxyl groups excluding tert-OH is 1. The van der Waals surface area contributed by atoms with Gasteiger partial charge < -0.3 is 10.2 Å². The lowest BCUT2D eigenvalue weighted by Crippen LogP contribution is -2.02. The molecule has 0 aliphatic rings. The van der Waals surface area contributed by atoms with E-state index in [1.54, 1.807) is 12.1 Å². The van der Waals surface area contributed by atoms with Gasteiger partial charge in [-0.25, -0.2) is 8.78 Å². The second-order valence-corrected chi connectivity index (χ2v) is 4.06. The SMILES string of the molecule is Oc1ccc(CC(O)c2ccc(F)c(F)c2)cc1. The van der Waals surface area contributed by atoms with Crippen LogP contribution in [-0.2, 0) is 6.42 Å². The van der Waals surface area contributed by atoms with Crippen LogP contribution in [0.1, 0.15) is 17.2 Å². The summed E-state index contributed by atoms with van der Waals surface area (Å²) >= 11 is 0. The zero-order chi connectivity index (χ0) is 13.1. The molecule has 0 bridgehead atoms. The molecule has 0 aliphatic heterocycles. The molecule has 94 valence electrons. The second kappa shape index (κ2) is 5.14. The topological polar surface area (TPSA) is 40.5 Å². The van der Waals surface area contributed by atoms with Crippen LogP contribution in [0.15, 0.2) is 42.5 Å². The molecule has 2 rings (SSSR count). The fourth-order valence-corrected chi connectivity index (χ4v) is 1.69. The summed E-state index contributed by atoms with van der Waals surface area (Å²) in [4.78, 5) is 0. The zero-order valence-electron chi connectivity index (χ0n) is 9.48. The van der Waals surface area contributed by atoms with Crippen molar-refractivity contribution in [3.8, 4) is 5.75 Å². The summed E-state index contributed by atoms with van der Waals surface area (Å²) in [6, 6.07) is 9.67. The van der Waals surface area contributed by atoms with Crippen LogP contribution in [0.4, 0.5) is 8.78 Å². The van der Waals surface area contributed by atoms with E-state index in [0.29, 0.717) is 5.56 Å². The van der Waals surface area contributed by atoms with Gasteiger partial charge in [0.05, 0.1) is 6.10 Å². The average Bonchev–Trinajstić information content (AvgIpc) is 2.35. The third-order valence-electron chi connectivity index (χ3n) is 2.69. The van der Waals surface area contributed by atoms with Crippen molar-refractivity contribution in [1.82, 2.24) is 0 Å². The molecule has 2 N–H and O–H groups in total. The highest BCUT2D eigenvalue weighted by atomic mass is 19.2. The summed E-state index contributed by atoms with van der Waals surface area (Å²) in [5.41, 5.74) is 1.12. The van der Waals surface area contributed by atoms with Crippen LogP contribution >= 0.6 is 0 Å². The number of rotatable bonds is 3. The van der Waals surface area contributed by atoms with E-state index in [1.165, 1.54) is 18.2 Å². The Kier molecular flexibility index (Phi) is 3.58. The van der Waals surface area contributed by atoms with Crippen LogP contribution in [0, 0.1) is 11.6 Å². The fourth-order valence-electron chi connectivity index (χ4n) is 1.69. The van der Waals surface area contributed by atoms with E-state index in [2.05, 4.69) is 0 Å². The van der Waals surface area contributed by atoms with E-state index in [9.17, 15) is 13.9 Å². The first kappa shape index (κ1) is 12.5. The van der Waals surface area contributed by atoms with Crippen molar-refractivity contribution in [1.29, 1.82) is 0 Å². The highest BCUT2D eigenvalue weighted by Gasteiger charge is 2.11. The van der Waals surface area contributed by atoms with Crippen molar-refractivity contribution >= 4 is 0 Å². The minimum Gasteiger partial charge on any atom is -0.508 e. The summed E-state index contributed by atoms with van der Waals surface area (Å²) in [5, 5.41) is 19.0. The number of halogens is 2. The van der Waals surface area contributed by atoms with Gasteiger partial charge >= 0.3 is 0 Å². The Morgan fingerprint density at radius 3 is 2.22 bits per heavy atom. The van der Waals surface area contributed by atoms with Gasteiger partial charge in [0.25, 0.3) is 0 Å². The fraction of sp³-hybridized carbons (Fsp3) is 0.143. The average molecular weight is 250 g/mol. The normalized spacial score (nSPS) is 12.4. The number of aromatic hydroxyl groups is 1. The van der Waals surface area contributed by atoms with E-state index in [0.717, 1.165) is 17.7 Å². The molecule has 0 aromatic heterocycles. The monoisotopic (exact) mass is 250 g/mol. The lowest BCUT2D eigenvalue weighted by molar-refractivity contribution is 0.178. The van der Waals surface area contributed by atoms with Gasteiger partial charge in [-0.3, -0.25) is 0 Å². The standard InChI is InChI=1S/C14H12F2O2/c15-12-6-3-10(8-13(12)16)14(18)7-9-1-4-11(17)5-2-9/h1-6,8,14,17-18H,7H2. The molecule has 2 aromatic rings. The summed E-state index contributed by atoms with van der Waals surface area (Å²) < 4.78 is 25.8. The molecule has 0 saturated carbocycles. The van der Waals surface area contributed by atoms with E-state index < -0.39 is 17.7 Å². The molecule has 0 aliphatic carbocycles. The van der Waals surface area contributed by atoms with E-state index in [4.69, 9.17) is 5.11 Å². The summed E-state index contributed by atoms with van der Waals surface area (Å²) in [7, 11) is 0. The molecule has 2 aromatic carbocycles. The molecule has 4 heteroatoms. The quantitative estimate of drug-likeness (QED) is 0.879. The van der Waals surface area contributed by atoms with Gasteiger partial charge in [-0.05, 0) is 35.4 Å². The van der Waals surface area contributed by atoms with Gasteiger partial charge in [-0.1, -0.05) is 18.2 Å². The van der Waals surface area contributed by atoms with Gasteiger partial charge in [-0.2, -0.15) is 0 Å². The Morgan fingerprint density at radius 2 is 1.61 bits per heavy atom. The summed E-state index contributed by atoms with van der Waals surface area (Å²) in [6.45, 7) is 0. The van der Waals surface area contributed by atoms with Crippen LogP contribution < -0.4 is 0 Å². The molecule has 1 unspecified atom stereocenters. The van der Waals surface area contributed by atoms with Gasteiger partial charge in [0.15, 0.2) is 11.6 Å². The van der Waals surface area contributed by atoms with E-state index in [-0.39, 0.29) is 12.2 Å². The first-order valence-corrected chi connectivity index (χ1v) is 5.47. The van der Waals surface area contributed by atoms with Crippen molar-refractivity contribution in [2.75, 3.05) is 0 Å². The number of benzene rings is 2. The van der Waals surface area contributed by atoms with Gasteiger partial charge in [-0.15, -0.1) is 0 Å². The Morgan fingerprint density at radius 1 is 0.944 bits per heavy atom. The Labute approximate surface area is 103 Å². The van der Waals surface area contributed by atoms with Crippen molar-refractivity contribution in [2.24, 2.45) is 0 Å². The molecule has 0 fully saturated rings. The van der Waals surface area contributed by atoms with Gasteiger partial charge in [0.2, 0.25) is 0 Å². The molecule has 0 saturated heterocycles. The first-order valence-electron chi connectivity index (χ1n) is 5.47. The Bertz CT molecular complexity index is 538. The smallest absolute Gasteiger partial charge is 0.159 e. The molecule has 0 amide bonds. The predicted octanol–water partition coefficient (Wildman–Crippen LogP) is 2.95. The Hall–Kier alpha value is -1.94. The molecule has 0 radical (unpaired) electrons. The minimum absolute atomic E-state index is 0.140. The largest absolute Gasteiger partial charge is 0.508 e. The number of hydrogen-bond donors (Lipinski definition) is 2. The maximum atomic E-state index is 13.0.